The van der Waals surface area contributed by atoms with Gasteiger partial charge in [-0.25, -0.2) is 29.1 Å². The zero-order valence-corrected chi connectivity index (χ0v) is 16.8. The molecule has 6 N–H and O–H groups in total. The molecule has 0 aromatic carbocycles. The predicted molar refractivity (Wildman–Crippen MR) is 109 cm³/mol. The lowest BCUT2D eigenvalue weighted by Gasteiger charge is -2.20. The molecule has 0 amide bonds. The number of carbonyl (C=O) groups excluding carboxylic acids is 1. The highest BCUT2D eigenvalue weighted by atomic mass is 16.4. The van der Waals surface area contributed by atoms with Crippen molar-refractivity contribution < 1.29 is 44.4 Å². The SMILES string of the molecule is O=C(O)c1cc(C(=O)O)c2c(n1)C(=NC(Cc1cnc[nH]1)C(=O)O)C(=O)c1cc(C(=O)O)[nH]c1-2. The summed E-state index contributed by atoms with van der Waals surface area (Å²) in [6.07, 6.45) is 2.42. The number of aromatic nitrogens is 4. The van der Waals surface area contributed by atoms with Crippen LogP contribution in [0.25, 0.3) is 11.3 Å². The average molecular weight is 467 g/mol. The molecule has 14 heteroatoms. The van der Waals surface area contributed by atoms with Crippen molar-refractivity contribution in [3.63, 3.8) is 0 Å². The molecule has 1 unspecified atom stereocenters. The fourth-order valence-corrected chi connectivity index (χ4v) is 3.50. The summed E-state index contributed by atoms with van der Waals surface area (Å²) >= 11 is 0. The van der Waals surface area contributed by atoms with Crippen molar-refractivity contribution in [2.45, 2.75) is 12.5 Å². The molecule has 0 saturated carbocycles. The molecular weight excluding hydrogens is 454 g/mol. The highest BCUT2D eigenvalue weighted by molar-refractivity contribution is 6.55. The van der Waals surface area contributed by atoms with Gasteiger partial charge in [0.15, 0.2) is 6.04 Å². The number of Topliss-reactive ketones (excluding diaryl/α,β-unsaturated/α-hetero) is 1. The summed E-state index contributed by atoms with van der Waals surface area (Å²) in [4.78, 5) is 76.8. The fraction of sp³-hybridized carbons (Fsp3) is 0.100. The number of carboxylic acids is 4. The van der Waals surface area contributed by atoms with E-state index in [-0.39, 0.29) is 23.2 Å². The normalized spacial score (nSPS) is 14.4. The smallest absolute Gasteiger partial charge is 0.354 e. The molecule has 3 aromatic rings. The number of aromatic amines is 2. The summed E-state index contributed by atoms with van der Waals surface area (Å²) < 4.78 is 0. The number of H-pyrrole nitrogens is 2. The maximum absolute atomic E-state index is 13.2. The second-order valence-corrected chi connectivity index (χ2v) is 7.11. The number of rotatable bonds is 7. The number of aromatic carboxylic acids is 3. The highest BCUT2D eigenvalue weighted by Gasteiger charge is 2.38. The molecule has 4 rings (SSSR count). The third kappa shape index (κ3) is 3.68. The minimum atomic E-state index is -1.60. The number of hydrogen-bond donors (Lipinski definition) is 6. The van der Waals surface area contributed by atoms with E-state index in [0.717, 1.165) is 12.1 Å². The van der Waals surface area contributed by atoms with Crippen LogP contribution < -0.4 is 0 Å². The molecule has 172 valence electrons. The molecule has 0 bridgehead atoms. The molecule has 3 heterocycles. The van der Waals surface area contributed by atoms with E-state index in [9.17, 15) is 44.4 Å². The van der Waals surface area contributed by atoms with Gasteiger partial charge < -0.3 is 30.4 Å². The standard InChI is InChI=1S/C20H13N5O9/c26-16-8-3-11(20(33)34)23-13(8)12-7(17(27)28)2-10(19(31)32)24-14(12)15(16)25-9(18(29)30)1-6-4-21-5-22-6/h2-5,9,23H,1H2,(H,21,22)(H,27,28)(H,29,30)(H,31,32)(H,33,34). The molecule has 34 heavy (non-hydrogen) atoms. The highest BCUT2D eigenvalue weighted by Crippen LogP contribution is 2.36. The van der Waals surface area contributed by atoms with Crippen LogP contribution in [0.1, 0.15) is 53.1 Å². The number of carbonyl (C=O) groups is 5. The van der Waals surface area contributed by atoms with Crippen molar-refractivity contribution in [3.05, 3.63) is 58.6 Å². The molecule has 1 atom stereocenters. The Kier molecular flexibility index (Phi) is 5.25. The van der Waals surface area contributed by atoms with E-state index in [1.165, 1.54) is 12.5 Å². The third-order valence-corrected chi connectivity index (χ3v) is 4.99. The van der Waals surface area contributed by atoms with Crippen molar-refractivity contribution in [1.29, 1.82) is 0 Å². The molecule has 0 fully saturated rings. The first kappa shape index (κ1) is 22.1. The number of hydrogen-bond acceptors (Lipinski definition) is 8. The van der Waals surface area contributed by atoms with Gasteiger partial charge in [0.2, 0.25) is 5.78 Å². The van der Waals surface area contributed by atoms with E-state index < -0.39 is 64.1 Å². The number of ketones is 1. The van der Waals surface area contributed by atoms with E-state index in [2.05, 4.69) is 24.9 Å². The zero-order valence-electron chi connectivity index (χ0n) is 16.8. The van der Waals surface area contributed by atoms with Gasteiger partial charge in [0, 0.05) is 23.9 Å². The van der Waals surface area contributed by atoms with Gasteiger partial charge in [-0.2, -0.15) is 0 Å². The Balaban J connectivity index is 2.02. The summed E-state index contributed by atoms with van der Waals surface area (Å²) in [5.41, 5.74) is -3.29. The molecular formula is C20H13N5O9. The Morgan fingerprint density at radius 2 is 1.76 bits per heavy atom. The van der Waals surface area contributed by atoms with Gasteiger partial charge >= 0.3 is 23.9 Å². The number of nitrogens with zero attached hydrogens (tertiary/aromatic N) is 3. The van der Waals surface area contributed by atoms with Crippen molar-refractivity contribution in [1.82, 2.24) is 19.9 Å². The van der Waals surface area contributed by atoms with Crippen LogP contribution in [-0.2, 0) is 11.2 Å². The van der Waals surface area contributed by atoms with E-state index in [0.29, 0.717) is 5.69 Å². The van der Waals surface area contributed by atoms with Gasteiger partial charge in [-0.15, -0.1) is 0 Å². The third-order valence-electron chi connectivity index (χ3n) is 4.99. The van der Waals surface area contributed by atoms with Gasteiger partial charge in [0.25, 0.3) is 0 Å². The molecule has 0 spiro atoms. The summed E-state index contributed by atoms with van der Waals surface area (Å²) in [5.74, 6) is -7.02. The Hall–Kier alpha value is -5.14. The first-order chi connectivity index (χ1) is 16.1. The molecule has 1 aliphatic carbocycles. The van der Waals surface area contributed by atoms with Crippen molar-refractivity contribution in [2.24, 2.45) is 4.99 Å². The number of aliphatic imine (C=N–C) groups is 1. The lowest BCUT2D eigenvalue weighted by Crippen LogP contribution is -2.30. The Bertz CT molecular complexity index is 1420. The van der Waals surface area contributed by atoms with Gasteiger partial charge in [-0.1, -0.05) is 0 Å². The second kappa shape index (κ2) is 8.09. The number of fused-ring (bicyclic) bond motifs is 3. The molecule has 0 radical (unpaired) electrons. The number of pyridine rings is 1. The van der Waals surface area contributed by atoms with E-state index in [1.807, 2.05) is 0 Å². The van der Waals surface area contributed by atoms with Crippen LogP contribution in [0, 0.1) is 0 Å². The van der Waals surface area contributed by atoms with Crippen LogP contribution >= 0.6 is 0 Å². The van der Waals surface area contributed by atoms with Crippen LogP contribution in [-0.4, -0.2) is 81.8 Å². The minimum Gasteiger partial charge on any atom is -0.480 e. The molecule has 0 aliphatic heterocycles. The maximum Gasteiger partial charge on any atom is 0.354 e. The number of nitrogens with one attached hydrogen (secondary N) is 2. The van der Waals surface area contributed by atoms with Crippen LogP contribution in [0.2, 0.25) is 0 Å². The maximum atomic E-state index is 13.2. The Morgan fingerprint density at radius 1 is 1.03 bits per heavy atom. The number of carboxylic acid groups (broad SMARTS) is 4. The van der Waals surface area contributed by atoms with Gasteiger partial charge in [-0.05, 0) is 12.1 Å². The summed E-state index contributed by atoms with van der Waals surface area (Å²) in [6, 6.07) is 0.149. The molecule has 3 aromatic heterocycles. The van der Waals surface area contributed by atoms with Crippen LogP contribution in [0.5, 0.6) is 0 Å². The fourth-order valence-electron chi connectivity index (χ4n) is 3.50. The van der Waals surface area contributed by atoms with Crippen LogP contribution in [0.15, 0.2) is 29.6 Å². The number of aliphatic carboxylic acids is 1. The molecule has 0 saturated heterocycles. The minimum absolute atomic E-state index is 0.210. The summed E-state index contributed by atoms with van der Waals surface area (Å²) in [5, 5.41) is 38.1. The van der Waals surface area contributed by atoms with Gasteiger partial charge in [0.05, 0.1) is 23.1 Å². The summed E-state index contributed by atoms with van der Waals surface area (Å²) in [6.45, 7) is 0. The molecule has 14 nitrogen and oxygen atoms in total. The largest absolute Gasteiger partial charge is 0.480 e. The Labute approximate surface area is 187 Å². The van der Waals surface area contributed by atoms with Crippen molar-refractivity contribution in [3.8, 4) is 11.3 Å². The van der Waals surface area contributed by atoms with Gasteiger partial charge in [-0.3, -0.25) is 9.79 Å². The average Bonchev–Trinajstić information content (AvgIpc) is 3.44. The van der Waals surface area contributed by atoms with Crippen molar-refractivity contribution in [2.75, 3.05) is 0 Å². The van der Waals surface area contributed by atoms with Gasteiger partial charge in [0.1, 0.15) is 22.8 Å². The quantitative estimate of drug-likeness (QED) is 0.281. The van der Waals surface area contributed by atoms with E-state index in [4.69, 9.17) is 0 Å². The summed E-state index contributed by atoms with van der Waals surface area (Å²) in [7, 11) is 0. The lowest BCUT2D eigenvalue weighted by atomic mass is 9.87. The van der Waals surface area contributed by atoms with E-state index >= 15 is 0 Å². The van der Waals surface area contributed by atoms with Crippen LogP contribution in [0.4, 0.5) is 0 Å². The molecule has 1 aliphatic rings. The number of imidazole rings is 1. The lowest BCUT2D eigenvalue weighted by molar-refractivity contribution is -0.138. The van der Waals surface area contributed by atoms with Crippen molar-refractivity contribution >= 4 is 35.4 Å². The van der Waals surface area contributed by atoms with Crippen LogP contribution in [0.3, 0.4) is 0 Å². The monoisotopic (exact) mass is 467 g/mol. The second-order valence-electron chi connectivity index (χ2n) is 7.11. The Morgan fingerprint density at radius 3 is 2.32 bits per heavy atom. The zero-order chi connectivity index (χ0) is 24.7. The van der Waals surface area contributed by atoms with E-state index in [1.54, 1.807) is 0 Å². The topological polar surface area (TPSA) is 236 Å². The predicted octanol–water partition coefficient (Wildman–Crippen LogP) is 0.576. The first-order valence-corrected chi connectivity index (χ1v) is 9.39. The first-order valence-electron chi connectivity index (χ1n) is 9.39.